The van der Waals surface area contributed by atoms with Gasteiger partial charge in [0.25, 0.3) is 15.9 Å². The summed E-state index contributed by atoms with van der Waals surface area (Å²) in [4.78, 5) is 26.6. The monoisotopic (exact) mass is 399 g/mol. The van der Waals surface area contributed by atoms with Gasteiger partial charge in [-0.1, -0.05) is 18.2 Å². The van der Waals surface area contributed by atoms with Gasteiger partial charge in [0.05, 0.1) is 11.9 Å². The van der Waals surface area contributed by atoms with Crippen LogP contribution >= 0.6 is 0 Å². The van der Waals surface area contributed by atoms with Gasteiger partial charge in [0.2, 0.25) is 0 Å². The van der Waals surface area contributed by atoms with Crippen molar-refractivity contribution >= 4 is 38.5 Å². The molecule has 0 spiro atoms. The zero-order chi connectivity index (χ0) is 20.1. The van der Waals surface area contributed by atoms with E-state index in [1.165, 1.54) is 36.5 Å². The van der Waals surface area contributed by atoms with Crippen molar-refractivity contribution in [1.29, 1.82) is 0 Å². The van der Waals surface area contributed by atoms with Crippen LogP contribution < -0.4 is 10.0 Å². The molecular weight excluding hydrogens is 382 g/mol. The Labute approximate surface area is 161 Å². The molecule has 0 bridgehead atoms. The molecule has 0 fully saturated rings. The highest BCUT2D eigenvalue weighted by atomic mass is 32.2. The summed E-state index contributed by atoms with van der Waals surface area (Å²) in [7, 11) is -3.88. The van der Waals surface area contributed by atoms with Crippen molar-refractivity contribution in [2.45, 2.75) is 11.3 Å². The number of benzene rings is 2. The number of nitrogens with zero attached hydrogens (tertiary/aromatic N) is 1. The van der Waals surface area contributed by atoms with Crippen LogP contribution in [-0.2, 0) is 14.8 Å². The number of hydrogen-bond donors (Lipinski definition) is 3. The molecule has 0 unspecified atom stereocenters. The van der Waals surface area contributed by atoms with Crippen molar-refractivity contribution in [3.05, 3.63) is 66.4 Å². The number of pyridine rings is 1. The molecule has 0 aliphatic rings. The van der Waals surface area contributed by atoms with Crippen LogP contribution in [0.1, 0.15) is 16.8 Å². The number of sulfonamides is 1. The standard InChI is InChI=1S/C19H17N3O5S/c23-17(24)10-12-21-19(25)14-6-8-15(9-7-14)22-28(26,27)16-5-1-3-13-4-2-11-20-18(13)16/h1-9,11,22H,10,12H2,(H,21,25)(H,23,24). The van der Waals surface area contributed by atoms with Gasteiger partial charge in [0, 0.05) is 29.4 Å². The molecule has 0 atom stereocenters. The molecule has 144 valence electrons. The topological polar surface area (TPSA) is 125 Å². The maximum atomic E-state index is 12.8. The van der Waals surface area contributed by atoms with Gasteiger partial charge in [0.15, 0.2) is 0 Å². The smallest absolute Gasteiger partial charge is 0.305 e. The highest BCUT2D eigenvalue weighted by molar-refractivity contribution is 7.93. The molecular formula is C19H17N3O5S. The number of fused-ring (bicyclic) bond motifs is 1. The number of para-hydroxylation sites is 1. The minimum absolute atomic E-state index is 0.0105. The first kappa shape index (κ1) is 19.3. The molecule has 0 saturated heterocycles. The lowest BCUT2D eigenvalue weighted by Gasteiger charge is -2.10. The Morgan fingerprint density at radius 2 is 1.71 bits per heavy atom. The first-order valence-corrected chi connectivity index (χ1v) is 9.82. The van der Waals surface area contributed by atoms with Gasteiger partial charge in [-0.25, -0.2) is 8.42 Å². The molecule has 0 radical (unpaired) electrons. The van der Waals surface area contributed by atoms with E-state index in [2.05, 4.69) is 15.0 Å². The molecule has 8 nitrogen and oxygen atoms in total. The lowest BCUT2D eigenvalue weighted by Crippen LogP contribution is -2.25. The second kappa shape index (κ2) is 8.05. The van der Waals surface area contributed by atoms with E-state index in [1.807, 2.05) is 0 Å². The zero-order valence-corrected chi connectivity index (χ0v) is 15.4. The molecule has 1 heterocycles. The Hall–Kier alpha value is -3.46. The maximum Gasteiger partial charge on any atom is 0.305 e. The van der Waals surface area contributed by atoms with E-state index < -0.39 is 21.9 Å². The number of rotatable bonds is 7. The summed E-state index contributed by atoms with van der Waals surface area (Å²) in [6.07, 6.45) is 1.35. The Morgan fingerprint density at radius 1 is 1.00 bits per heavy atom. The first-order valence-electron chi connectivity index (χ1n) is 8.33. The maximum absolute atomic E-state index is 12.8. The molecule has 0 saturated carbocycles. The summed E-state index contributed by atoms with van der Waals surface area (Å²) in [6.45, 7) is 0.0105. The molecule has 0 aliphatic heterocycles. The Bertz CT molecular complexity index is 1120. The van der Waals surface area contributed by atoms with Crippen LogP contribution in [0.5, 0.6) is 0 Å². The molecule has 1 amide bonds. The second-order valence-corrected chi connectivity index (χ2v) is 7.56. The van der Waals surface area contributed by atoms with E-state index in [0.717, 1.165) is 0 Å². The largest absolute Gasteiger partial charge is 0.481 e. The van der Waals surface area contributed by atoms with Gasteiger partial charge in [-0.3, -0.25) is 19.3 Å². The van der Waals surface area contributed by atoms with Crippen LogP contribution in [0.4, 0.5) is 5.69 Å². The average molecular weight is 399 g/mol. The quantitative estimate of drug-likeness (QED) is 0.559. The summed E-state index contributed by atoms with van der Waals surface area (Å²) < 4.78 is 28.0. The number of hydrogen-bond acceptors (Lipinski definition) is 5. The highest BCUT2D eigenvalue weighted by Gasteiger charge is 2.18. The average Bonchev–Trinajstić information content (AvgIpc) is 2.67. The molecule has 3 rings (SSSR count). The van der Waals surface area contributed by atoms with Gasteiger partial charge in [0.1, 0.15) is 4.90 Å². The Balaban J connectivity index is 1.76. The van der Waals surface area contributed by atoms with E-state index in [9.17, 15) is 18.0 Å². The zero-order valence-electron chi connectivity index (χ0n) is 14.6. The molecule has 2 aromatic carbocycles. The number of carbonyl (C=O) groups excluding carboxylic acids is 1. The number of nitrogens with one attached hydrogen (secondary N) is 2. The number of amides is 1. The summed E-state index contributed by atoms with van der Waals surface area (Å²) in [6, 6.07) is 14.2. The Morgan fingerprint density at radius 3 is 2.43 bits per heavy atom. The summed E-state index contributed by atoms with van der Waals surface area (Å²) in [5, 5.41) is 11.8. The number of anilines is 1. The summed E-state index contributed by atoms with van der Waals surface area (Å²) in [5.74, 6) is -1.44. The number of aliphatic carboxylic acids is 1. The molecule has 1 aromatic heterocycles. The molecule has 0 aliphatic carbocycles. The van der Waals surface area contributed by atoms with Crippen LogP contribution in [0.2, 0.25) is 0 Å². The molecule has 3 aromatic rings. The van der Waals surface area contributed by atoms with Gasteiger partial charge in [-0.2, -0.15) is 0 Å². The van der Waals surface area contributed by atoms with Crippen molar-refractivity contribution in [2.24, 2.45) is 0 Å². The fourth-order valence-electron chi connectivity index (χ4n) is 2.58. The minimum atomic E-state index is -3.88. The summed E-state index contributed by atoms with van der Waals surface area (Å²) >= 11 is 0. The van der Waals surface area contributed by atoms with Crippen LogP contribution in [0.3, 0.4) is 0 Å². The Kier molecular flexibility index (Phi) is 5.55. The summed E-state index contributed by atoms with van der Waals surface area (Å²) in [5.41, 5.74) is 0.946. The highest BCUT2D eigenvalue weighted by Crippen LogP contribution is 2.23. The lowest BCUT2D eigenvalue weighted by molar-refractivity contribution is -0.136. The fourth-order valence-corrected chi connectivity index (χ4v) is 3.82. The number of aromatic nitrogens is 1. The van der Waals surface area contributed by atoms with Gasteiger partial charge < -0.3 is 10.4 Å². The third kappa shape index (κ3) is 4.44. The van der Waals surface area contributed by atoms with Gasteiger partial charge in [-0.15, -0.1) is 0 Å². The van der Waals surface area contributed by atoms with E-state index in [1.54, 1.807) is 24.3 Å². The van der Waals surface area contributed by atoms with Crippen LogP contribution in [0.25, 0.3) is 10.9 Å². The van der Waals surface area contributed by atoms with Crippen molar-refractivity contribution in [1.82, 2.24) is 10.3 Å². The third-order valence-corrected chi connectivity index (χ3v) is 5.32. The minimum Gasteiger partial charge on any atom is -0.481 e. The number of carboxylic acids is 1. The normalized spacial score (nSPS) is 11.1. The van der Waals surface area contributed by atoms with Crippen molar-refractivity contribution in [3.63, 3.8) is 0 Å². The van der Waals surface area contributed by atoms with Crippen LogP contribution in [0, 0.1) is 0 Å². The molecule has 9 heteroatoms. The van der Waals surface area contributed by atoms with E-state index in [-0.39, 0.29) is 23.5 Å². The third-order valence-electron chi connectivity index (χ3n) is 3.91. The van der Waals surface area contributed by atoms with Crippen molar-refractivity contribution in [2.75, 3.05) is 11.3 Å². The van der Waals surface area contributed by atoms with Crippen LogP contribution in [-0.4, -0.2) is 36.9 Å². The SMILES string of the molecule is O=C(O)CCNC(=O)c1ccc(NS(=O)(=O)c2cccc3cccnc23)cc1. The second-order valence-electron chi connectivity index (χ2n) is 5.91. The van der Waals surface area contributed by atoms with Gasteiger partial charge in [-0.05, 0) is 36.4 Å². The van der Waals surface area contributed by atoms with Crippen molar-refractivity contribution < 1.29 is 23.1 Å². The number of carboxylic acid groups (broad SMARTS) is 1. The number of carbonyl (C=O) groups is 2. The van der Waals surface area contributed by atoms with E-state index in [0.29, 0.717) is 16.5 Å². The van der Waals surface area contributed by atoms with E-state index >= 15 is 0 Å². The fraction of sp³-hybridized carbons (Fsp3) is 0.105. The van der Waals surface area contributed by atoms with Crippen molar-refractivity contribution in [3.8, 4) is 0 Å². The lowest BCUT2D eigenvalue weighted by atomic mass is 10.2. The molecule has 3 N–H and O–H groups in total. The van der Waals surface area contributed by atoms with Gasteiger partial charge >= 0.3 is 5.97 Å². The van der Waals surface area contributed by atoms with Crippen LogP contribution in [0.15, 0.2) is 65.7 Å². The molecule has 28 heavy (non-hydrogen) atoms. The first-order chi connectivity index (χ1) is 13.4. The predicted octanol–water partition coefficient (Wildman–Crippen LogP) is 2.24. The van der Waals surface area contributed by atoms with E-state index in [4.69, 9.17) is 5.11 Å². The predicted molar refractivity (Wildman–Crippen MR) is 104 cm³/mol.